The first-order valence-corrected chi connectivity index (χ1v) is 7.98. The van der Waals surface area contributed by atoms with Crippen LogP contribution in [0.1, 0.15) is 30.5 Å². The summed E-state index contributed by atoms with van der Waals surface area (Å²) in [6, 6.07) is 10.4. The summed E-state index contributed by atoms with van der Waals surface area (Å²) >= 11 is 5.95. The summed E-state index contributed by atoms with van der Waals surface area (Å²) in [5.74, 6) is -0.760. The maximum Gasteiger partial charge on any atom is 0.248 e. The number of hydrogen-bond acceptors (Lipinski definition) is 1. The molecule has 0 radical (unpaired) electrons. The number of hydrogen-bond donors (Lipinski definition) is 1. The van der Waals surface area contributed by atoms with Gasteiger partial charge in [-0.25, -0.2) is 4.39 Å². The van der Waals surface area contributed by atoms with Crippen molar-refractivity contribution >= 4 is 29.3 Å². The van der Waals surface area contributed by atoms with Gasteiger partial charge in [0.05, 0.1) is 5.02 Å². The van der Waals surface area contributed by atoms with E-state index in [1.807, 2.05) is 32.0 Å². The van der Waals surface area contributed by atoms with Crippen LogP contribution in [0.15, 0.2) is 42.5 Å². The average Bonchev–Trinajstić information content (AvgIpc) is 2.54. The molecule has 1 amide bonds. The van der Waals surface area contributed by atoms with Gasteiger partial charge in [-0.15, -0.1) is 0 Å². The fraction of sp³-hybridized carbons (Fsp3) is 0.211. The molecule has 0 fully saturated rings. The van der Waals surface area contributed by atoms with Crippen molar-refractivity contribution < 1.29 is 9.18 Å². The SMILES string of the molecule is CCc1cccc(CC)c1NC(=O)C=Cc1c(F)cccc1Cl. The van der Waals surface area contributed by atoms with Gasteiger partial charge in [-0.2, -0.15) is 0 Å². The van der Waals surface area contributed by atoms with E-state index in [1.54, 1.807) is 6.07 Å². The fourth-order valence-electron chi connectivity index (χ4n) is 2.40. The highest BCUT2D eigenvalue weighted by Crippen LogP contribution is 2.23. The van der Waals surface area contributed by atoms with Crippen molar-refractivity contribution in [1.82, 2.24) is 0 Å². The lowest BCUT2D eigenvalue weighted by Gasteiger charge is -2.13. The van der Waals surface area contributed by atoms with E-state index in [2.05, 4.69) is 5.32 Å². The van der Waals surface area contributed by atoms with E-state index in [-0.39, 0.29) is 16.5 Å². The van der Waals surface area contributed by atoms with Crippen LogP contribution in [-0.2, 0) is 17.6 Å². The summed E-state index contributed by atoms with van der Waals surface area (Å²) < 4.78 is 13.7. The molecule has 4 heteroatoms. The zero-order valence-electron chi connectivity index (χ0n) is 13.2. The highest BCUT2D eigenvalue weighted by molar-refractivity contribution is 6.32. The lowest BCUT2D eigenvalue weighted by atomic mass is 10.0. The number of nitrogens with one attached hydrogen (secondary N) is 1. The number of aryl methyl sites for hydroxylation is 2. The Hall–Kier alpha value is -2.13. The Morgan fingerprint density at radius 1 is 1.13 bits per heavy atom. The van der Waals surface area contributed by atoms with Gasteiger partial charge in [-0.05, 0) is 42.2 Å². The number of halogens is 2. The Kier molecular flexibility index (Phi) is 5.94. The molecule has 0 aliphatic rings. The lowest BCUT2D eigenvalue weighted by molar-refractivity contribution is -0.111. The summed E-state index contributed by atoms with van der Waals surface area (Å²) in [5, 5.41) is 3.17. The average molecular weight is 332 g/mol. The Morgan fingerprint density at radius 2 is 1.74 bits per heavy atom. The second-order valence-corrected chi connectivity index (χ2v) is 5.52. The van der Waals surface area contributed by atoms with Crippen molar-refractivity contribution in [1.29, 1.82) is 0 Å². The summed E-state index contributed by atoms with van der Waals surface area (Å²) in [7, 11) is 0. The Morgan fingerprint density at radius 3 is 2.30 bits per heavy atom. The third-order valence-corrected chi connectivity index (χ3v) is 3.98. The van der Waals surface area contributed by atoms with Gasteiger partial charge >= 0.3 is 0 Å². The summed E-state index contributed by atoms with van der Waals surface area (Å²) in [6.45, 7) is 4.08. The third kappa shape index (κ3) is 4.20. The van der Waals surface area contributed by atoms with Crippen molar-refractivity contribution in [3.63, 3.8) is 0 Å². The monoisotopic (exact) mass is 331 g/mol. The van der Waals surface area contributed by atoms with Gasteiger partial charge in [0.25, 0.3) is 0 Å². The molecule has 0 saturated heterocycles. The zero-order chi connectivity index (χ0) is 16.8. The molecule has 0 spiro atoms. The van der Waals surface area contributed by atoms with E-state index >= 15 is 0 Å². The van der Waals surface area contributed by atoms with Crippen LogP contribution in [0.2, 0.25) is 5.02 Å². The van der Waals surface area contributed by atoms with Crippen LogP contribution >= 0.6 is 11.6 Å². The minimum atomic E-state index is -0.454. The van der Waals surface area contributed by atoms with E-state index in [0.717, 1.165) is 29.7 Å². The molecular formula is C19H19ClFNO. The van der Waals surface area contributed by atoms with Gasteiger partial charge < -0.3 is 5.32 Å². The molecule has 0 bridgehead atoms. The van der Waals surface area contributed by atoms with Gasteiger partial charge in [0.2, 0.25) is 5.91 Å². The topological polar surface area (TPSA) is 29.1 Å². The first-order chi connectivity index (χ1) is 11.1. The van der Waals surface area contributed by atoms with E-state index in [9.17, 15) is 9.18 Å². The molecule has 1 N–H and O–H groups in total. The zero-order valence-corrected chi connectivity index (χ0v) is 14.0. The van der Waals surface area contributed by atoms with Crippen molar-refractivity contribution in [2.24, 2.45) is 0 Å². The highest BCUT2D eigenvalue weighted by atomic mass is 35.5. The molecule has 2 aromatic carbocycles. The van der Waals surface area contributed by atoms with Crippen LogP contribution < -0.4 is 5.32 Å². The number of benzene rings is 2. The van der Waals surface area contributed by atoms with Crippen molar-refractivity contribution in [2.75, 3.05) is 5.32 Å². The second-order valence-electron chi connectivity index (χ2n) is 5.12. The van der Waals surface area contributed by atoms with Crippen LogP contribution in [-0.4, -0.2) is 5.91 Å². The molecular weight excluding hydrogens is 313 g/mol. The molecule has 2 nitrogen and oxygen atoms in total. The quantitative estimate of drug-likeness (QED) is 0.744. The van der Waals surface area contributed by atoms with Crippen LogP contribution in [0.5, 0.6) is 0 Å². The molecule has 0 heterocycles. The van der Waals surface area contributed by atoms with Crippen LogP contribution in [0.3, 0.4) is 0 Å². The minimum Gasteiger partial charge on any atom is -0.322 e. The van der Waals surface area contributed by atoms with Gasteiger partial charge in [-0.3, -0.25) is 4.79 Å². The van der Waals surface area contributed by atoms with Crippen LogP contribution in [0.4, 0.5) is 10.1 Å². The largest absolute Gasteiger partial charge is 0.322 e. The minimum absolute atomic E-state index is 0.212. The third-order valence-electron chi connectivity index (χ3n) is 3.65. The molecule has 0 aliphatic heterocycles. The normalized spacial score (nSPS) is 11.0. The van der Waals surface area contributed by atoms with E-state index in [4.69, 9.17) is 11.6 Å². The summed E-state index contributed by atoms with van der Waals surface area (Å²) in [4.78, 5) is 12.2. The molecule has 0 unspecified atom stereocenters. The Labute approximate surface area is 141 Å². The van der Waals surface area contributed by atoms with Crippen LogP contribution in [0, 0.1) is 5.82 Å². The number of anilines is 1. The fourth-order valence-corrected chi connectivity index (χ4v) is 2.62. The first kappa shape index (κ1) is 17.2. The smallest absolute Gasteiger partial charge is 0.248 e. The molecule has 23 heavy (non-hydrogen) atoms. The maximum absolute atomic E-state index is 13.7. The van der Waals surface area contributed by atoms with Crippen LogP contribution in [0.25, 0.3) is 6.08 Å². The predicted octanol–water partition coefficient (Wildman–Crippen LogP) is 5.26. The molecule has 2 aromatic rings. The Bertz CT molecular complexity index is 698. The summed E-state index contributed by atoms with van der Waals surface area (Å²) in [6.07, 6.45) is 4.35. The standard InChI is InChI=1S/C19H19ClFNO/c1-3-13-7-5-8-14(4-2)19(13)22-18(23)12-11-15-16(20)9-6-10-17(15)21/h5-12H,3-4H2,1-2H3,(H,22,23). The highest BCUT2D eigenvalue weighted by Gasteiger charge is 2.09. The molecule has 2 rings (SSSR count). The molecule has 120 valence electrons. The van der Waals surface area contributed by atoms with Gasteiger partial charge in [0.1, 0.15) is 5.82 Å². The van der Waals surface area contributed by atoms with E-state index in [1.165, 1.54) is 24.3 Å². The molecule has 0 atom stereocenters. The second kappa shape index (κ2) is 7.93. The molecule has 0 aliphatic carbocycles. The van der Waals surface area contributed by atoms with E-state index in [0.29, 0.717) is 0 Å². The van der Waals surface area contributed by atoms with Gasteiger partial charge in [0.15, 0.2) is 0 Å². The summed E-state index contributed by atoms with van der Waals surface area (Å²) in [5.41, 5.74) is 3.21. The van der Waals surface area contributed by atoms with Gasteiger partial charge in [-0.1, -0.05) is 49.7 Å². The van der Waals surface area contributed by atoms with Gasteiger partial charge in [0, 0.05) is 17.3 Å². The van der Waals surface area contributed by atoms with Crippen molar-refractivity contribution in [2.45, 2.75) is 26.7 Å². The van der Waals surface area contributed by atoms with E-state index < -0.39 is 5.82 Å². The Balaban J connectivity index is 2.22. The number of carbonyl (C=O) groups excluding carboxylic acids is 1. The number of rotatable bonds is 5. The molecule has 0 saturated carbocycles. The van der Waals surface area contributed by atoms with Crippen molar-refractivity contribution in [3.8, 4) is 0 Å². The number of para-hydroxylation sites is 1. The van der Waals surface area contributed by atoms with Crippen molar-refractivity contribution in [3.05, 3.63) is 70.0 Å². The number of amides is 1. The first-order valence-electron chi connectivity index (χ1n) is 7.60. The molecule has 0 aromatic heterocycles. The predicted molar refractivity (Wildman–Crippen MR) is 94.3 cm³/mol. The maximum atomic E-state index is 13.7. The number of carbonyl (C=O) groups is 1. The lowest BCUT2D eigenvalue weighted by Crippen LogP contribution is -2.11.